The standard InChI is InChI=1S/C15H27N3O2/c1-15(2,14(20)16-3)18-10-6-9-12(18)13(19)17-11-7-4-5-8-11/h11-12H,4-10H2,1-3H3,(H,16,20)(H,17,19). The first-order chi connectivity index (χ1) is 9.46. The third kappa shape index (κ3) is 2.97. The maximum atomic E-state index is 12.5. The average molecular weight is 281 g/mol. The molecule has 0 aromatic carbocycles. The highest BCUT2D eigenvalue weighted by molar-refractivity contribution is 5.88. The van der Waals surface area contributed by atoms with Crippen molar-refractivity contribution in [2.24, 2.45) is 0 Å². The molecule has 2 rings (SSSR count). The number of likely N-dealkylation sites (N-methyl/N-ethyl adjacent to an activating group) is 1. The monoisotopic (exact) mass is 281 g/mol. The molecular weight excluding hydrogens is 254 g/mol. The van der Waals surface area contributed by atoms with Gasteiger partial charge < -0.3 is 10.6 Å². The Labute approximate surface area is 121 Å². The number of amides is 2. The van der Waals surface area contributed by atoms with Crippen LogP contribution in [0.3, 0.4) is 0 Å². The number of nitrogens with zero attached hydrogens (tertiary/aromatic N) is 1. The van der Waals surface area contributed by atoms with E-state index in [1.54, 1.807) is 7.05 Å². The summed E-state index contributed by atoms with van der Waals surface area (Å²) in [4.78, 5) is 26.6. The second kappa shape index (κ2) is 6.12. The molecule has 1 saturated heterocycles. The predicted molar refractivity (Wildman–Crippen MR) is 78.3 cm³/mol. The highest BCUT2D eigenvalue weighted by Gasteiger charge is 2.43. The van der Waals surface area contributed by atoms with Gasteiger partial charge in [0.25, 0.3) is 0 Å². The van der Waals surface area contributed by atoms with E-state index in [1.807, 2.05) is 13.8 Å². The zero-order valence-electron chi connectivity index (χ0n) is 12.9. The molecule has 0 aromatic heterocycles. The predicted octanol–water partition coefficient (Wildman–Crippen LogP) is 1.03. The highest BCUT2D eigenvalue weighted by Crippen LogP contribution is 2.28. The van der Waals surface area contributed by atoms with Crippen molar-refractivity contribution in [1.82, 2.24) is 15.5 Å². The van der Waals surface area contributed by atoms with Gasteiger partial charge in [-0.05, 0) is 39.5 Å². The second-order valence-electron chi connectivity index (χ2n) is 6.48. The lowest BCUT2D eigenvalue weighted by Crippen LogP contribution is -2.59. The zero-order valence-corrected chi connectivity index (χ0v) is 12.9. The SMILES string of the molecule is CNC(=O)C(C)(C)N1CCCC1C(=O)NC1CCCC1. The van der Waals surface area contributed by atoms with E-state index in [4.69, 9.17) is 0 Å². The Morgan fingerprint density at radius 3 is 2.35 bits per heavy atom. The van der Waals surface area contributed by atoms with E-state index >= 15 is 0 Å². The Hall–Kier alpha value is -1.10. The van der Waals surface area contributed by atoms with Crippen molar-refractivity contribution in [2.75, 3.05) is 13.6 Å². The van der Waals surface area contributed by atoms with Crippen molar-refractivity contribution in [3.8, 4) is 0 Å². The van der Waals surface area contributed by atoms with E-state index in [0.717, 1.165) is 32.2 Å². The molecule has 1 aliphatic heterocycles. The molecule has 0 aromatic rings. The summed E-state index contributed by atoms with van der Waals surface area (Å²) in [6.45, 7) is 4.60. The zero-order chi connectivity index (χ0) is 14.8. The number of rotatable bonds is 4. The minimum Gasteiger partial charge on any atom is -0.358 e. The van der Waals surface area contributed by atoms with E-state index in [2.05, 4.69) is 15.5 Å². The number of nitrogens with one attached hydrogen (secondary N) is 2. The van der Waals surface area contributed by atoms with Gasteiger partial charge in [0.05, 0.1) is 11.6 Å². The molecule has 2 fully saturated rings. The van der Waals surface area contributed by atoms with Crippen molar-refractivity contribution in [3.05, 3.63) is 0 Å². The van der Waals surface area contributed by atoms with Crippen LogP contribution in [-0.4, -0.2) is 47.9 Å². The molecule has 1 atom stereocenters. The minimum absolute atomic E-state index is 0.0296. The molecule has 1 aliphatic carbocycles. The highest BCUT2D eigenvalue weighted by atomic mass is 16.2. The van der Waals surface area contributed by atoms with Crippen LogP contribution in [-0.2, 0) is 9.59 Å². The van der Waals surface area contributed by atoms with Gasteiger partial charge in [0.15, 0.2) is 0 Å². The van der Waals surface area contributed by atoms with Crippen LogP contribution in [0, 0.1) is 0 Å². The summed E-state index contributed by atoms with van der Waals surface area (Å²) in [6.07, 6.45) is 6.43. The summed E-state index contributed by atoms with van der Waals surface area (Å²) in [6, 6.07) is 0.177. The summed E-state index contributed by atoms with van der Waals surface area (Å²) in [5.74, 6) is 0.0736. The first-order valence-corrected chi connectivity index (χ1v) is 7.76. The molecule has 0 radical (unpaired) electrons. The van der Waals surface area contributed by atoms with E-state index in [1.165, 1.54) is 12.8 Å². The fraction of sp³-hybridized carbons (Fsp3) is 0.867. The second-order valence-corrected chi connectivity index (χ2v) is 6.48. The van der Waals surface area contributed by atoms with Gasteiger partial charge in [-0.1, -0.05) is 12.8 Å². The van der Waals surface area contributed by atoms with Gasteiger partial charge in [-0.15, -0.1) is 0 Å². The third-order valence-corrected chi connectivity index (χ3v) is 4.76. The fourth-order valence-corrected chi connectivity index (χ4v) is 3.51. The number of carbonyl (C=O) groups excluding carboxylic acids is 2. The maximum Gasteiger partial charge on any atom is 0.239 e. The topological polar surface area (TPSA) is 61.4 Å². The van der Waals surface area contributed by atoms with Gasteiger partial charge in [-0.25, -0.2) is 0 Å². The van der Waals surface area contributed by atoms with Gasteiger partial charge in [0.2, 0.25) is 11.8 Å². The van der Waals surface area contributed by atoms with E-state index in [9.17, 15) is 9.59 Å². The van der Waals surface area contributed by atoms with Crippen molar-refractivity contribution in [1.29, 1.82) is 0 Å². The molecule has 0 spiro atoms. The molecule has 2 amide bonds. The average Bonchev–Trinajstić information content (AvgIpc) is 3.07. The Bertz CT molecular complexity index is 375. The quantitative estimate of drug-likeness (QED) is 0.809. The summed E-state index contributed by atoms with van der Waals surface area (Å²) < 4.78 is 0. The van der Waals surface area contributed by atoms with Crippen LogP contribution in [0.2, 0.25) is 0 Å². The van der Waals surface area contributed by atoms with Crippen molar-refractivity contribution < 1.29 is 9.59 Å². The Morgan fingerprint density at radius 2 is 1.75 bits per heavy atom. The van der Waals surface area contributed by atoms with Crippen LogP contribution in [0.1, 0.15) is 52.4 Å². The van der Waals surface area contributed by atoms with Crippen LogP contribution in [0.25, 0.3) is 0 Å². The molecule has 0 bridgehead atoms. The van der Waals surface area contributed by atoms with Crippen molar-refractivity contribution in [3.63, 3.8) is 0 Å². The fourth-order valence-electron chi connectivity index (χ4n) is 3.51. The number of hydrogen-bond donors (Lipinski definition) is 2. The number of carbonyl (C=O) groups is 2. The van der Waals surface area contributed by atoms with E-state index < -0.39 is 5.54 Å². The first-order valence-electron chi connectivity index (χ1n) is 7.76. The van der Waals surface area contributed by atoms with Crippen LogP contribution in [0.4, 0.5) is 0 Å². The molecule has 5 nitrogen and oxygen atoms in total. The molecule has 5 heteroatoms. The van der Waals surface area contributed by atoms with Gasteiger partial charge >= 0.3 is 0 Å². The largest absolute Gasteiger partial charge is 0.358 e. The lowest BCUT2D eigenvalue weighted by molar-refractivity contribution is -0.136. The summed E-state index contributed by atoms with van der Waals surface area (Å²) in [5.41, 5.74) is -0.636. The molecule has 114 valence electrons. The van der Waals surface area contributed by atoms with Crippen LogP contribution in [0.5, 0.6) is 0 Å². The molecule has 20 heavy (non-hydrogen) atoms. The number of likely N-dealkylation sites (tertiary alicyclic amines) is 1. The molecular formula is C15H27N3O2. The van der Waals surface area contributed by atoms with Crippen molar-refractivity contribution in [2.45, 2.75) is 70.0 Å². The van der Waals surface area contributed by atoms with E-state index in [-0.39, 0.29) is 17.9 Å². The minimum atomic E-state index is -0.636. The molecule has 1 heterocycles. The maximum absolute atomic E-state index is 12.5. The van der Waals surface area contributed by atoms with Gasteiger partial charge in [-0.2, -0.15) is 0 Å². The van der Waals surface area contributed by atoms with Gasteiger partial charge in [-0.3, -0.25) is 14.5 Å². The van der Waals surface area contributed by atoms with Gasteiger partial charge in [0, 0.05) is 19.6 Å². The van der Waals surface area contributed by atoms with E-state index in [0.29, 0.717) is 6.04 Å². The molecule has 1 unspecified atom stereocenters. The van der Waals surface area contributed by atoms with Crippen LogP contribution < -0.4 is 10.6 Å². The lowest BCUT2D eigenvalue weighted by Gasteiger charge is -2.37. The summed E-state index contributed by atoms with van der Waals surface area (Å²) >= 11 is 0. The van der Waals surface area contributed by atoms with Gasteiger partial charge in [0.1, 0.15) is 0 Å². The molecule has 2 N–H and O–H groups in total. The third-order valence-electron chi connectivity index (χ3n) is 4.76. The Kier molecular flexibility index (Phi) is 4.68. The van der Waals surface area contributed by atoms with Crippen LogP contribution >= 0.6 is 0 Å². The lowest BCUT2D eigenvalue weighted by atomic mass is 10.00. The number of hydrogen-bond acceptors (Lipinski definition) is 3. The summed E-state index contributed by atoms with van der Waals surface area (Å²) in [5, 5.41) is 5.87. The van der Waals surface area contributed by atoms with Crippen molar-refractivity contribution >= 4 is 11.8 Å². The van der Waals surface area contributed by atoms with Crippen LogP contribution in [0.15, 0.2) is 0 Å². The molecule has 2 aliphatic rings. The Balaban J connectivity index is 2.02. The molecule has 1 saturated carbocycles. The smallest absolute Gasteiger partial charge is 0.239 e. The Morgan fingerprint density at radius 1 is 1.10 bits per heavy atom. The normalized spacial score (nSPS) is 24.9. The summed E-state index contributed by atoms with van der Waals surface area (Å²) in [7, 11) is 1.65. The first kappa shape index (κ1) is 15.3.